The smallest absolute Gasteiger partial charge is 0.410 e. The Hall–Kier alpha value is -1.50. The largest absolute Gasteiger partial charge is 0.444 e. The highest BCUT2D eigenvalue weighted by atomic mass is 35.5. The fourth-order valence-corrected chi connectivity index (χ4v) is 4.71. The van der Waals surface area contributed by atoms with Gasteiger partial charge in [0.05, 0.1) is 22.9 Å². The Morgan fingerprint density at radius 1 is 1.16 bits per heavy atom. The van der Waals surface area contributed by atoms with Gasteiger partial charge in [0.15, 0.2) is 0 Å². The van der Waals surface area contributed by atoms with E-state index in [9.17, 15) is 4.79 Å². The Labute approximate surface area is 198 Å². The van der Waals surface area contributed by atoms with Crippen LogP contribution in [0.3, 0.4) is 0 Å². The first-order valence-corrected chi connectivity index (χ1v) is 12.3. The molecule has 0 spiro atoms. The lowest BCUT2D eigenvalue weighted by Gasteiger charge is -2.40. The van der Waals surface area contributed by atoms with Crippen molar-refractivity contribution in [2.75, 3.05) is 37.6 Å². The molecule has 0 N–H and O–H groups in total. The van der Waals surface area contributed by atoms with Gasteiger partial charge in [-0.3, -0.25) is 4.90 Å². The average Bonchev–Trinajstić information content (AvgIpc) is 2.70. The lowest BCUT2D eigenvalue weighted by atomic mass is 10.1. The summed E-state index contributed by atoms with van der Waals surface area (Å²) in [6.45, 7) is 17.1. The summed E-state index contributed by atoms with van der Waals surface area (Å²) in [5, 5.41) is 0.805. The molecule has 6 nitrogen and oxygen atoms in total. The Morgan fingerprint density at radius 3 is 2.44 bits per heavy atom. The van der Waals surface area contributed by atoms with Crippen LogP contribution < -0.4 is 4.90 Å². The monoisotopic (exact) mass is 465 g/mol. The summed E-state index contributed by atoms with van der Waals surface area (Å²) in [5.41, 5.74) is 1.90. The van der Waals surface area contributed by atoms with Crippen molar-refractivity contribution in [2.45, 2.75) is 84.8 Å². The highest BCUT2D eigenvalue weighted by Crippen LogP contribution is 2.31. The van der Waals surface area contributed by atoms with Crippen molar-refractivity contribution in [2.24, 2.45) is 0 Å². The van der Waals surface area contributed by atoms with Gasteiger partial charge in [0, 0.05) is 45.3 Å². The molecule has 180 valence electrons. The van der Waals surface area contributed by atoms with Crippen molar-refractivity contribution in [3.8, 4) is 0 Å². The summed E-state index contributed by atoms with van der Waals surface area (Å²) >= 11 is 6.58. The fraction of sp³-hybridized carbons (Fsp3) is 0.720. The van der Waals surface area contributed by atoms with Crippen molar-refractivity contribution in [3.05, 3.63) is 28.8 Å². The second-order valence-corrected chi connectivity index (χ2v) is 10.8. The summed E-state index contributed by atoms with van der Waals surface area (Å²) < 4.78 is 11.5. The molecular formula is C25H40ClN3O3. The second-order valence-electron chi connectivity index (χ2n) is 10.4. The van der Waals surface area contributed by atoms with Crippen molar-refractivity contribution in [1.29, 1.82) is 0 Å². The third kappa shape index (κ3) is 7.00. The Kier molecular flexibility index (Phi) is 8.34. The number of nitrogens with zero attached hydrogens (tertiary/aromatic N) is 3. The van der Waals surface area contributed by atoms with Gasteiger partial charge in [-0.1, -0.05) is 17.7 Å². The van der Waals surface area contributed by atoms with Crippen molar-refractivity contribution in [1.82, 2.24) is 9.80 Å². The van der Waals surface area contributed by atoms with Crippen LogP contribution in [0.15, 0.2) is 18.2 Å². The van der Waals surface area contributed by atoms with Gasteiger partial charge in [0.1, 0.15) is 5.60 Å². The van der Waals surface area contributed by atoms with Gasteiger partial charge in [-0.2, -0.15) is 0 Å². The van der Waals surface area contributed by atoms with Gasteiger partial charge in [-0.05, 0) is 72.1 Å². The van der Waals surface area contributed by atoms with E-state index in [1.54, 1.807) is 0 Å². The van der Waals surface area contributed by atoms with Crippen molar-refractivity contribution in [3.63, 3.8) is 0 Å². The summed E-state index contributed by atoms with van der Waals surface area (Å²) in [6, 6.07) is 6.64. The minimum Gasteiger partial charge on any atom is -0.444 e. The molecule has 1 amide bonds. The van der Waals surface area contributed by atoms with Gasteiger partial charge < -0.3 is 19.3 Å². The zero-order chi connectivity index (χ0) is 23.5. The van der Waals surface area contributed by atoms with Gasteiger partial charge in [-0.15, -0.1) is 0 Å². The van der Waals surface area contributed by atoms with Crippen LogP contribution in [-0.4, -0.2) is 72.5 Å². The van der Waals surface area contributed by atoms with Crippen LogP contribution >= 0.6 is 11.6 Å². The van der Waals surface area contributed by atoms with E-state index in [1.807, 2.05) is 31.7 Å². The standard InChI is InChI=1S/C25H40ClN3O3/c1-18(2)31-21-9-11-27(12-10-21)23-15-20(7-8-22(23)26)17-28-13-14-29(16-19(28)3)24(30)32-25(4,5)6/h7-8,15,18-19,21H,9-14,16-17H2,1-6H3/t19-/m0/s1. The minimum atomic E-state index is -0.466. The Balaban J connectivity index is 1.58. The molecule has 2 aliphatic rings. The summed E-state index contributed by atoms with van der Waals surface area (Å²) in [6.07, 6.45) is 2.46. The first-order valence-electron chi connectivity index (χ1n) is 11.9. The maximum Gasteiger partial charge on any atom is 0.410 e. The number of hydrogen-bond donors (Lipinski definition) is 0. The average molecular weight is 466 g/mol. The van der Waals surface area contributed by atoms with Gasteiger partial charge in [0.2, 0.25) is 0 Å². The number of rotatable bonds is 5. The second kappa shape index (κ2) is 10.6. The lowest BCUT2D eigenvalue weighted by molar-refractivity contribution is -0.00479. The summed E-state index contributed by atoms with van der Waals surface area (Å²) in [5.74, 6) is 0. The number of piperazine rings is 1. The number of halogens is 1. The molecule has 7 heteroatoms. The van der Waals surface area contributed by atoms with Crippen LogP contribution in [-0.2, 0) is 16.0 Å². The number of piperidine rings is 1. The molecule has 2 fully saturated rings. The third-order valence-electron chi connectivity index (χ3n) is 6.06. The van der Waals surface area contributed by atoms with E-state index in [4.69, 9.17) is 21.1 Å². The van der Waals surface area contributed by atoms with Gasteiger partial charge in [-0.25, -0.2) is 4.79 Å². The van der Waals surface area contributed by atoms with E-state index in [-0.39, 0.29) is 18.2 Å². The predicted molar refractivity (Wildman–Crippen MR) is 131 cm³/mol. The molecule has 1 aromatic rings. The van der Waals surface area contributed by atoms with E-state index in [0.717, 1.165) is 49.7 Å². The number of carbonyl (C=O) groups is 1. The van der Waals surface area contributed by atoms with Crippen LogP contribution in [0.25, 0.3) is 0 Å². The normalized spacial score (nSPS) is 21.3. The van der Waals surface area contributed by atoms with E-state index >= 15 is 0 Å². The van der Waals surface area contributed by atoms with Gasteiger partial charge in [0.25, 0.3) is 0 Å². The van der Waals surface area contributed by atoms with Crippen molar-refractivity contribution < 1.29 is 14.3 Å². The van der Waals surface area contributed by atoms with E-state index in [0.29, 0.717) is 19.2 Å². The van der Waals surface area contributed by atoms with E-state index < -0.39 is 5.60 Å². The molecule has 2 aliphatic heterocycles. The zero-order valence-electron chi connectivity index (χ0n) is 20.6. The Morgan fingerprint density at radius 2 is 1.84 bits per heavy atom. The molecule has 1 aromatic carbocycles. The van der Waals surface area contributed by atoms with Crippen molar-refractivity contribution >= 4 is 23.4 Å². The minimum absolute atomic E-state index is 0.220. The van der Waals surface area contributed by atoms with Crippen LogP contribution in [0.4, 0.5) is 10.5 Å². The molecular weight excluding hydrogens is 426 g/mol. The zero-order valence-corrected chi connectivity index (χ0v) is 21.3. The molecule has 2 heterocycles. The molecule has 0 saturated carbocycles. The third-order valence-corrected chi connectivity index (χ3v) is 6.38. The maximum absolute atomic E-state index is 12.4. The molecule has 0 radical (unpaired) electrons. The number of ether oxygens (including phenoxy) is 2. The summed E-state index contributed by atoms with van der Waals surface area (Å²) in [4.78, 5) is 19.1. The maximum atomic E-state index is 12.4. The molecule has 2 saturated heterocycles. The fourth-order valence-electron chi connectivity index (χ4n) is 4.47. The first-order chi connectivity index (χ1) is 15.0. The van der Waals surface area contributed by atoms with Crippen LogP contribution in [0.1, 0.15) is 59.9 Å². The van der Waals surface area contributed by atoms with E-state index in [2.05, 4.69) is 42.7 Å². The number of anilines is 1. The molecule has 0 aliphatic carbocycles. The summed E-state index contributed by atoms with van der Waals surface area (Å²) in [7, 11) is 0. The molecule has 32 heavy (non-hydrogen) atoms. The van der Waals surface area contributed by atoms with Crippen LogP contribution in [0.5, 0.6) is 0 Å². The first kappa shape index (κ1) is 25.1. The number of amides is 1. The molecule has 1 atom stereocenters. The van der Waals surface area contributed by atoms with Crippen LogP contribution in [0, 0.1) is 0 Å². The molecule has 3 rings (SSSR count). The lowest BCUT2D eigenvalue weighted by Crippen LogP contribution is -2.54. The SMILES string of the molecule is CC(C)OC1CCN(c2cc(CN3CCN(C(=O)OC(C)(C)C)C[C@@H]3C)ccc2Cl)CC1. The highest BCUT2D eigenvalue weighted by molar-refractivity contribution is 6.33. The van der Waals surface area contributed by atoms with E-state index in [1.165, 1.54) is 5.56 Å². The quantitative estimate of drug-likeness (QED) is 0.599. The van der Waals surface area contributed by atoms with Crippen LogP contribution in [0.2, 0.25) is 5.02 Å². The topological polar surface area (TPSA) is 45.2 Å². The highest BCUT2D eigenvalue weighted by Gasteiger charge is 2.30. The number of benzene rings is 1. The Bertz CT molecular complexity index is 772. The molecule has 0 unspecified atom stereocenters. The van der Waals surface area contributed by atoms with Gasteiger partial charge >= 0.3 is 6.09 Å². The molecule has 0 bridgehead atoms. The number of carbonyl (C=O) groups excluding carboxylic acids is 1. The predicted octanol–water partition coefficient (Wildman–Crippen LogP) is 5.18. The molecule has 0 aromatic heterocycles. The number of hydrogen-bond acceptors (Lipinski definition) is 5.